The number of rotatable bonds is 4. The highest BCUT2D eigenvalue weighted by Crippen LogP contribution is 2.51. The number of hydrogen-bond acceptors (Lipinski definition) is 3. The summed E-state index contributed by atoms with van der Waals surface area (Å²) in [6.45, 7) is 4.68. The minimum atomic E-state index is -0.112. The summed E-state index contributed by atoms with van der Waals surface area (Å²) in [6.07, 6.45) is 0. The second kappa shape index (κ2) is 11.3. The Balaban J connectivity index is 1.18. The van der Waals surface area contributed by atoms with Gasteiger partial charge in [-0.25, -0.2) is 15.0 Å². The zero-order valence-electron chi connectivity index (χ0n) is 28.4. The van der Waals surface area contributed by atoms with Crippen LogP contribution in [-0.2, 0) is 5.41 Å². The number of pyridine rings is 1. The Bertz CT molecular complexity index is 2830. The Morgan fingerprint density at radius 2 is 1.08 bits per heavy atom. The Labute approximate surface area is 297 Å². The van der Waals surface area contributed by atoms with Gasteiger partial charge in [-0.3, -0.25) is 0 Å². The molecule has 0 bridgehead atoms. The van der Waals surface area contributed by atoms with Crippen molar-refractivity contribution in [3.05, 3.63) is 175 Å². The molecule has 0 N–H and O–H groups in total. The summed E-state index contributed by atoms with van der Waals surface area (Å²) in [6, 6.07) is 58.2. The average Bonchev–Trinajstić information content (AvgIpc) is 3.42. The van der Waals surface area contributed by atoms with Crippen LogP contribution < -0.4 is 0 Å². The summed E-state index contributed by atoms with van der Waals surface area (Å²) in [4.78, 5) is 15.6. The Morgan fingerprint density at radius 1 is 0.392 bits per heavy atom. The van der Waals surface area contributed by atoms with Crippen LogP contribution in [0.25, 0.3) is 88.7 Å². The van der Waals surface area contributed by atoms with E-state index >= 15 is 0 Å². The molecule has 0 atom stereocenters. The summed E-state index contributed by atoms with van der Waals surface area (Å²) in [7, 11) is 0. The van der Waals surface area contributed by atoms with Gasteiger partial charge in [0.05, 0.1) is 22.6 Å². The van der Waals surface area contributed by atoms with Crippen LogP contribution >= 0.6 is 0 Å². The number of para-hydroxylation sites is 1. The van der Waals surface area contributed by atoms with Crippen molar-refractivity contribution >= 4 is 32.4 Å². The first-order chi connectivity index (χ1) is 25.0. The fourth-order valence-electron chi connectivity index (χ4n) is 8.00. The predicted molar refractivity (Wildman–Crippen MR) is 212 cm³/mol. The van der Waals surface area contributed by atoms with Crippen LogP contribution in [0.3, 0.4) is 0 Å². The van der Waals surface area contributed by atoms with Gasteiger partial charge in [-0.1, -0.05) is 141 Å². The number of nitrogens with zero attached hydrogens (tertiary/aromatic N) is 3. The molecule has 51 heavy (non-hydrogen) atoms. The molecule has 2 heterocycles. The first-order valence-electron chi connectivity index (χ1n) is 17.5. The maximum atomic E-state index is 5.36. The molecule has 0 aliphatic heterocycles. The van der Waals surface area contributed by atoms with E-state index in [0.717, 1.165) is 50.2 Å². The van der Waals surface area contributed by atoms with E-state index in [0.29, 0.717) is 5.82 Å². The molecule has 3 heteroatoms. The summed E-state index contributed by atoms with van der Waals surface area (Å²) >= 11 is 0. The molecule has 0 amide bonds. The summed E-state index contributed by atoms with van der Waals surface area (Å²) < 4.78 is 0. The van der Waals surface area contributed by atoms with Gasteiger partial charge in [0.1, 0.15) is 0 Å². The molecule has 9 aromatic rings. The molecule has 0 saturated carbocycles. The molecular weight excluding hydrogens is 619 g/mol. The van der Waals surface area contributed by atoms with Gasteiger partial charge in [-0.2, -0.15) is 0 Å². The van der Waals surface area contributed by atoms with E-state index in [1.807, 2.05) is 18.2 Å². The zero-order valence-corrected chi connectivity index (χ0v) is 28.4. The van der Waals surface area contributed by atoms with Crippen molar-refractivity contribution in [2.45, 2.75) is 19.3 Å². The topological polar surface area (TPSA) is 38.7 Å². The van der Waals surface area contributed by atoms with E-state index in [1.54, 1.807) is 0 Å². The predicted octanol–water partition coefficient (Wildman–Crippen LogP) is 12.3. The van der Waals surface area contributed by atoms with Crippen molar-refractivity contribution in [2.24, 2.45) is 0 Å². The quantitative estimate of drug-likeness (QED) is 0.178. The smallest absolute Gasteiger partial charge is 0.160 e. The highest BCUT2D eigenvalue weighted by atomic mass is 14.9. The van der Waals surface area contributed by atoms with Crippen LogP contribution in [0, 0.1) is 0 Å². The Kier molecular flexibility index (Phi) is 6.53. The van der Waals surface area contributed by atoms with E-state index in [4.69, 9.17) is 15.0 Å². The lowest BCUT2D eigenvalue weighted by molar-refractivity contribution is 0.661. The van der Waals surface area contributed by atoms with E-state index in [9.17, 15) is 0 Å². The summed E-state index contributed by atoms with van der Waals surface area (Å²) in [5.74, 6) is 0.702. The third kappa shape index (κ3) is 4.77. The standard InChI is InChI=1S/C48H33N3/c1-48(2)41-21-10-8-19-36(41)39-27-38-37-20-9-11-22-43(37)49-46(40(38)28-42(39)48)35-18-12-17-33(26-35)44-29-45(51-47(50-44)31-14-4-3-5-15-31)34-24-23-30-13-6-7-16-32(30)25-34/h3-29H,1-2H3. The van der Waals surface area contributed by atoms with Crippen molar-refractivity contribution in [3.63, 3.8) is 0 Å². The fraction of sp³-hybridized carbons (Fsp3) is 0.0625. The van der Waals surface area contributed by atoms with Crippen LogP contribution in [0.5, 0.6) is 0 Å². The molecule has 2 aromatic heterocycles. The lowest BCUT2D eigenvalue weighted by Crippen LogP contribution is -2.14. The highest BCUT2D eigenvalue weighted by Gasteiger charge is 2.35. The number of aromatic nitrogens is 3. The number of fused-ring (bicyclic) bond motifs is 7. The van der Waals surface area contributed by atoms with Gasteiger partial charge >= 0.3 is 0 Å². The summed E-state index contributed by atoms with van der Waals surface area (Å²) in [5, 5.41) is 5.94. The molecular formula is C48H33N3. The van der Waals surface area contributed by atoms with E-state index in [2.05, 4.69) is 159 Å². The van der Waals surface area contributed by atoms with Gasteiger partial charge in [-0.15, -0.1) is 0 Å². The van der Waals surface area contributed by atoms with E-state index in [-0.39, 0.29) is 5.41 Å². The maximum Gasteiger partial charge on any atom is 0.160 e. The second-order valence-corrected chi connectivity index (χ2v) is 14.1. The molecule has 3 nitrogen and oxygen atoms in total. The van der Waals surface area contributed by atoms with Crippen LogP contribution in [0.4, 0.5) is 0 Å². The third-order valence-electron chi connectivity index (χ3n) is 10.6. The molecule has 0 radical (unpaired) electrons. The Morgan fingerprint density at radius 3 is 1.94 bits per heavy atom. The van der Waals surface area contributed by atoms with E-state index in [1.165, 1.54) is 43.8 Å². The lowest BCUT2D eigenvalue weighted by Gasteiger charge is -2.22. The number of benzene rings is 7. The first-order valence-corrected chi connectivity index (χ1v) is 17.5. The van der Waals surface area contributed by atoms with Gasteiger partial charge in [0.15, 0.2) is 5.82 Å². The fourth-order valence-corrected chi connectivity index (χ4v) is 8.00. The van der Waals surface area contributed by atoms with Gasteiger partial charge in [0.25, 0.3) is 0 Å². The maximum absolute atomic E-state index is 5.36. The van der Waals surface area contributed by atoms with Crippen molar-refractivity contribution < 1.29 is 0 Å². The minimum absolute atomic E-state index is 0.112. The SMILES string of the molecule is CC1(C)c2ccccc2-c2cc3c(cc21)c(-c1cccc(-c2cc(-c4ccc5ccccc5c4)nc(-c4ccccc4)n2)c1)nc1ccccc13. The molecule has 0 fully saturated rings. The van der Waals surface area contributed by atoms with Crippen molar-refractivity contribution in [1.82, 2.24) is 15.0 Å². The first kappa shape index (κ1) is 29.5. The molecule has 1 aliphatic carbocycles. The lowest BCUT2D eigenvalue weighted by atomic mass is 9.81. The molecule has 0 unspecified atom stereocenters. The minimum Gasteiger partial charge on any atom is -0.247 e. The Hall–Kier alpha value is -6.45. The monoisotopic (exact) mass is 651 g/mol. The molecule has 1 aliphatic rings. The van der Waals surface area contributed by atoms with Gasteiger partial charge in [0.2, 0.25) is 0 Å². The van der Waals surface area contributed by atoms with Gasteiger partial charge in [-0.05, 0) is 74.8 Å². The van der Waals surface area contributed by atoms with Gasteiger partial charge < -0.3 is 0 Å². The van der Waals surface area contributed by atoms with Gasteiger partial charge in [0, 0.05) is 38.4 Å². The van der Waals surface area contributed by atoms with Crippen LogP contribution in [0.15, 0.2) is 164 Å². The zero-order chi connectivity index (χ0) is 34.1. The number of hydrogen-bond donors (Lipinski definition) is 0. The molecule has 0 saturated heterocycles. The van der Waals surface area contributed by atoms with Crippen molar-refractivity contribution in [3.8, 4) is 56.3 Å². The van der Waals surface area contributed by atoms with Crippen LogP contribution in [0.1, 0.15) is 25.0 Å². The van der Waals surface area contributed by atoms with E-state index < -0.39 is 0 Å². The second-order valence-electron chi connectivity index (χ2n) is 14.1. The van der Waals surface area contributed by atoms with Crippen LogP contribution in [-0.4, -0.2) is 15.0 Å². The molecule has 0 spiro atoms. The summed E-state index contributed by atoms with van der Waals surface area (Å²) in [5.41, 5.74) is 13.1. The highest BCUT2D eigenvalue weighted by molar-refractivity contribution is 6.13. The molecule has 240 valence electrons. The van der Waals surface area contributed by atoms with Crippen LogP contribution in [0.2, 0.25) is 0 Å². The third-order valence-corrected chi connectivity index (χ3v) is 10.6. The largest absolute Gasteiger partial charge is 0.247 e. The average molecular weight is 652 g/mol. The normalized spacial score (nSPS) is 13.1. The van der Waals surface area contributed by atoms with Crippen molar-refractivity contribution in [2.75, 3.05) is 0 Å². The molecule has 7 aromatic carbocycles. The van der Waals surface area contributed by atoms with Crippen molar-refractivity contribution in [1.29, 1.82) is 0 Å². The molecule has 10 rings (SSSR count).